The number of thiazole rings is 1. The Morgan fingerprint density at radius 1 is 1.21 bits per heavy atom. The van der Waals surface area contributed by atoms with Crippen LogP contribution >= 0.6 is 23.1 Å². The van der Waals surface area contributed by atoms with Crippen LogP contribution in [0.2, 0.25) is 0 Å². The topological polar surface area (TPSA) is 112 Å². The van der Waals surface area contributed by atoms with Gasteiger partial charge >= 0.3 is 5.97 Å². The second-order valence-electron chi connectivity index (χ2n) is 7.23. The molecule has 4 rings (SSSR count). The molecule has 0 fully saturated rings. The number of ether oxygens (including phenoxy) is 1. The second kappa shape index (κ2) is 11.1. The van der Waals surface area contributed by atoms with E-state index in [1.807, 2.05) is 47.9 Å². The number of amides is 1. The number of carbonyl (C=O) groups is 2. The van der Waals surface area contributed by atoms with Gasteiger partial charge in [-0.3, -0.25) is 14.2 Å². The molecule has 176 valence electrons. The van der Waals surface area contributed by atoms with Crippen molar-refractivity contribution >= 4 is 40.1 Å². The lowest BCUT2D eigenvalue weighted by molar-refractivity contribution is -0.142. The molecule has 0 spiro atoms. The van der Waals surface area contributed by atoms with E-state index in [1.165, 1.54) is 23.1 Å². The van der Waals surface area contributed by atoms with Crippen LogP contribution in [0.15, 0.2) is 57.6 Å². The molecule has 0 aliphatic heterocycles. The van der Waals surface area contributed by atoms with E-state index in [2.05, 4.69) is 20.5 Å². The Morgan fingerprint density at radius 2 is 2.03 bits per heavy atom. The predicted octanol–water partition coefficient (Wildman–Crippen LogP) is 4.19. The van der Waals surface area contributed by atoms with Crippen molar-refractivity contribution in [3.05, 3.63) is 65.1 Å². The Labute approximate surface area is 204 Å². The number of nitrogens with one attached hydrogen (secondary N) is 1. The van der Waals surface area contributed by atoms with E-state index >= 15 is 0 Å². The molecule has 0 unspecified atom stereocenters. The average molecular weight is 498 g/mol. The number of nitrogens with zero attached hydrogens (tertiary/aromatic N) is 4. The summed E-state index contributed by atoms with van der Waals surface area (Å²) in [6.45, 7) is 4.51. The second-order valence-corrected chi connectivity index (χ2v) is 9.03. The molecular formula is C23H23N5O4S2. The first-order valence-corrected chi connectivity index (χ1v) is 12.4. The number of hydrogen-bond acceptors (Lipinski definition) is 9. The maximum absolute atomic E-state index is 12.5. The summed E-state index contributed by atoms with van der Waals surface area (Å²) in [5, 5.41) is 14.3. The van der Waals surface area contributed by atoms with Gasteiger partial charge in [0.2, 0.25) is 5.91 Å². The van der Waals surface area contributed by atoms with Crippen molar-refractivity contribution in [2.75, 3.05) is 17.7 Å². The first-order chi connectivity index (χ1) is 16.5. The number of carbonyl (C=O) groups excluding carboxylic acids is 2. The molecule has 34 heavy (non-hydrogen) atoms. The summed E-state index contributed by atoms with van der Waals surface area (Å²) in [6, 6.07) is 11.8. The highest BCUT2D eigenvalue weighted by Crippen LogP contribution is 2.28. The molecule has 0 saturated carbocycles. The van der Waals surface area contributed by atoms with Crippen LogP contribution in [0, 0.1) is 6.92 Å². The SMILES string of the molecule is CCOC(=O)Cc1csc(NC(=O)CSc2nnc(-c3ccoc3C)n2Cc2ccccc2)n1. The largest absolute Gasteiger partial charge is 0.469 e. The standard InChI is InChI=1S/C23H23N5O4S2/c1-3-31-20(30)11-17-13-33-22(24-17)25-19(29)14-34-23-27-26-21(18-9-10-32-15(18)2)28(23)12-16-7-5-4-6-8-16/h4-10,13H,3,11-12,14H2,1-2H3,(H,24,25,29). The van der Waals surface area contributed by atoms with Gasteiger partial charge in [-0.25, -0.2) is 4.98 Å². The number of hydrogen-bond donors (Lipinski definition) is 1. The zero-order valence-corrected chi connectivity index (χ0v) is 20.3. The van der Waals surface area contributed by atoms with Gasteiger partial charge in [-0.05, 0) is 25.5 Å². The summed E-state index contributed by atoms with van der Waals surface area (Å²) < 4.78 is 12.4. The quantitative estimate of drug-likeness (QED) is 0.256. The first kappa shape index (κ1) is 23.7. The maximum Gasteiger partial charge on any atom is 0.311 e. The van der Waals surface area contributed by atoms with Crippen molar-refractivity contribution in [1.82, 2.24) is 19.7 Å². The summed E-state index contributed by atoms with van der Waals surface area (Å²) >= 11 is 2.56. The number of aryl methyl sites for hydroxylation is 1. The first-order valence-electron chi connectivity index (χ1n) is 10.6. The summed E-state index contributed by atoms with van der Waals surface area (Å²) in [5.41, 5.74) is 2.51. The summed E-state index contributed by atoms with van der Waals surface area (Å²) in [7, 11) is 0. The van der Waals surface area contributed by atoms with Gasteiger partial charge in [0.05, 0.1) is 42.8 Å². The zero-order chi connectivity index (χ0) is 23.9. The average Bonchev–Trinajstić information content (AvgIpc) is 3.54. The molecule has 3 aromatic heterocycles. The van der Waals surface area contributed by atoms with Crippen LogP contribution in [-0.2, 0) is 27.3 Å². The molecule has 0 saturated heterocycles. The van der Waals surface area contributed by atoms with Crippen LogP contribution in [0.5, 0.6) is 0 Å². The Balaban J connectivity index is 1.44. The van der Waals surface area contributed by atoms with Crippen molar-refractivity contribution in [1.29, 1.82) is 0 Å². The van der Waals surface area contributed by atoms with Crippen molar-refractivity contribution in [2.45, 2.75) is 32.0 Å². The number of aromatic nitrogens is 4. The van der Waals surface area contributed by atoms with Gasteiger partial charge in [0, 0.05) is 5.38 Å². The minimum absolute atomic E-state index is 0.0771. The number of anilines is 1. The Morgan fingerprint density at radius 3 is 2.76 bits per heavy atom. The monoisotopic (exact) mass is 497 g/mol. The fourth-order valence-electron chi connectivity index (χ4n) is 3.21. The molecule has 9 nitrogen and oxygen atoms in total. The van der Waals surface area contributed by atoms with E-state index in [0.29, 0.717) is 35.0 Å². The van der Waals surface area contributed by atoms with Gasteiger partial charge in [0.1, 0.15) is 5.76 Å². The van der Waals surface area contributed by atoms with Crippen LogP contribution < -0.4 is 5.32 Å². The van der Waals surface area contributed by atoms with Crippen molar-refractivity contribution in [3.8, 4) is 11.4 Å². The number of rotatable bonds is 10. The van der Waals surface area contributed by atoms with Gasteiger partial charge in [-0.15, -0.1) is 21.5 Å². The lowest BCUT2D eigenvalue weighted by atomic mass is 10.2. The highest BCUT2D eigenvalue weighted by Gasteiger charge is 2.19. The van der Waals surface area contributed by atoms with Gasteiger partial charge in [-0.1, -0.05) is 42.1 Å². The minimum Gasteiger partial charge on any atom is -0.469 e. The molecule has 0 radical (unpaired) electrons. The molecule has 11 heteroatoms. The van der Waals surface area contributed by atoms with Crippen molar-refractivity contribution in [2.24, 2.45) is 0 Å². The molecule has 0 atom stereocenters. The van der Waals surface area contributed by atoms with E-state index in [0.717, 1.165) is 16.9 Å². The fraction of sp³-hybridized carbons (Fsp3) is 0.261. The normalized spacial score (nSPS) is 10.9. The molecule has 0 aliphatic carbocycles. The van der Waals surface area contributed by atoms with Crippen LogP contribution in [0.1, 0.15) is 23.9 Å². The predicted molar refractivity (Wildman–Crippen MR) is 130 cm³/mol. The molecular weight excluding hydrogens is 474 g/mol. The summed E-state index contributed by atoms with van der Waals surface area (Å²) in [4.78, 5) is 28.4. The van der Waals surface area contributed by atoms with Crippen molar-refractivity contribution in [3.63, 3.8) is 0 Å². The molecule has 1 N–H and O–H groups in total. The van der Waals surface area contributed by atoms with E-state index in [9.17, 15) is 9.59 Å². The Bertz CT molecular complexity index is 1270. The van der Waals surface area contributed by atoms with E-state index in [-0.39, 0.29) is 24.1 Å². The molecule has 3 heterocycles. The fourth-order valence-corrected chi connectivity index (χ4v) is 4.68. The molecule has 0 aliphatic rings. The Hall–Kier alpha value is -3.44. The number of furan rings is 1. The lowest BCUT2D eigenvalue weighted by Crippen LogP contribution is -2.15. The van der Waals surface area contributed by atoms with Crippen LogP contribution in [-0.4, -0.2) is 44.0 Å². The van der Waals surface area contributed by atoms with E-state index < -0.39 is 0 Å². The van der Waals surface area contributed by atoms with Gasteiger partial charge in [-0.2, -0.15) is 0 Å². The summed E-state index contributed by atoms with van der Waals surface area (Å²) in [6.07, 6.45) is 1.70. The third kappa shape index (κ3) is 5.91. The third-order valence-electron chi connectivity index (χ3n) is 4.76. The highest BCUT2D eigenvalue weighted by molar-refractivity contribution is 7.99. The minimum atomic E-state index is -0.345. The number of benzene rings is 1. The Kier molecular flexibility index (Phi) is 7.76. The maximum atomic E-state index is 12.5. The smallest absolute Gasteiger partial charge is 0.311 e. The van der Waals surface area contributed by atoms with E-state index in [4.69, 9.17) is 9.15 Å². The van der Waals surface area contributed by atoms with Crippen molar-refractivity contribution < 1.29 is 18.7 Å². The lowest BCUT2D eigenvalue weighted by Gasteiger charge is -2.10. The third-order valence-corrected chi connectivity index (χ3v) is 6.53. The highest BCUT2D eigenvalue weighted by atomic mass is 32.2. The van der Waals surface area contributed by atoms with Gasteiger partial charge < -0.3 is 14.5 Å². The number of thioether (sulfide) groups is 1. The van der Waals surface area contributed by atoms with Gasteiger partial charge in [0.15, 0.2) is 16.1 Å². The molecule has 1 aromatic carbocycles. The van der Waals surface area contributed by atoms with E-state index in [1.54, 1.807) is 18.6 Å². The zero-order valence-electron chi connectivity index (χ0n) is 18.7. The van der Waals surface area contributed by atoms with Crippen LogP contribution in [0.3, 0.4) is 0 Å². The molecule has 0 bridgehead atoms. The van der Waals surface area contributed by atoms with Gasteiger partial charge in [0.25, 0.3) is 0 Å². The van der Waals surface area contributed by atoms with Crippen LogP contribution in [0.25, 0.3) is 11.4 Å². The number of esters is 1. The summed E-state index contributed by atoms with van der Waals surface area (Å²) in [5.74, 6) is 0.990. The molecule has 4 aromatic rings. The van der Waals surface area contributed by atoms with Crippen LogP contribution in [0.4, 0.5) is 5.13 Å². The molecule has 1 amide bonds.